The summed E-state index contributed by atoms with van der Waals surface area (Å²) < 4.78 is 7.15. The lowest BCUT2D eigenvalue weighted by Crippen LogP contribution is -2.41. The number of nitrogens with zero attached hydrogens (tertiary/aromatic N) is 3. The van der Waals surface area contributed by atoms with E-state index in [-0.39, 0.29) is 11.9 Å². The van der Waals surface area contributed by atoms with Crippen LogP contribution in [-0.2, 0) is 11.2 Å². The molecule has 29 heavy (non-hydrogen) atoms. The minimum Gasteiger partial charge on any atom is -0.497 e. The first-order valence-electron chi connectivity index (χ1n) is 9.48. The SMILES string of the molecule is CCc1nnc2n1N[C@H](c1ccc(C)cc1)[C@H](C(=O)Nc1cccc(OC)c1)S2. The van der Waals surface area contributed by atoms with Crippen LogP contribution in [0.4, 0.5) is 5.69 Å². The number of aromatic nitrogens is 3. The number of fused-ring (bicyclic) bond motifs is 1. The van der Waals surface area contributed by atoms with E-state index >= 15 is 0 Å². The fraction of sp³-hybridized carbons (Fsp3) is 0.286. The lowest BCUT2D eigenvalue weighted by molar-refractivity contribution is -0.116. The lowest BCUT2D eigenvalue weighted by Gasteiger charge is -2.33. The van der Waals surface area contributed by atoms with Gasteiger partial charge in [-0.3, -0.25) is 4.79 Å². The Labute approximate surface area is 173 Å². The maximum atomic E-state index is 13.2. The molecule has 0 saturated heterocycles. The van der Waals surface area contributed by atoms with E-state index in [2.05, 4.69) is 45.2 Å². The van der Waals surface area contributed by atoms with Gasteiger partial charge in [0.1, 0.15) is 11.0 Å². The molecule has 1 aromatic heterocycles. The lowest BCUT2D eigenvalue weighted by atomic mass is 10.0. The fourth-order valence-electron chi connectivity index (χ4n) is 3.27. The minimum atomic E-state index is -0.412. The van der Waals surface area contributed by atoms with Crippen molar-refractivity contribution in [2.45, 2.75) is 36.7 Å². The Morgan fingerprint density at radius 2 is 2.03 bits per heavy atom. The van der Waals surface area contributed by atoms with E-state index in [9.17, 15) is 4.79 Å². The van der Waals surface area contributed by atoms with Crippen molar-refractivity contribution in [3.63, 3.8) is 0 Å². The quantitative estimate of drug-likeness (QED) is 0.671. The van der Waals surface area contributed by atoms with Gasteiger partial charge in [-0.25, -0.2) is 4.68 Å². The highest BCUT2D eigenvalue weighted by atomic mass is 32.2. The smallest absolute Gasteiger partial charge is 0.240 e. The highest BCUT2D eigenvalue weighted by Crippen LogP contribution is 2.37. The monoisotopic (exact) mass is 409 g/mol. The first kappa shape index (κ1) is 19.3. The van der Waals surface area contributed by atoms with Crippen LogP contribution in [0.1, 0.15) is 29.9 Å². The van der Waals surface area contributed by atoms with Crippen LogP contribution in [0.3, 0.4) is 0 Å². The highest BCUT2D eigenvalue weighted by Gasteiger charge is 2.37. The molecule has 7 nitrogen and oxygen atoms in total. The highest BCUT2D eigenvalue weighted by molar-refractivity contribution is 8.00. The van der Waals surface area contributed by atoms with E-state index in [1.165, 1.54) is 17.3 Å². The van der Waals surface area contributed by atoms with Crippen molar-refractivity contribution in [1.82, 2.24) is 14.9 Å². The number of nitrogens with one attached hydrogen (secondary N) is 2. The van der Waals surface area contributed by atoms with Crippen LogP contribution in [0.15, 0.2) is 53.7 Å². The molecule has 0 spiro atoms. The van der Waals surface area contributed by atoms with Crippen molar-refractivity contribution in [2.75, 3.05) is 17.9 Å². The van der Waals surface area contributed by atoms with E-state index in [0.29, 0.717) is 16.6 Å². The Morgan fingerprint density at radius 1 is 1.24 bits per heavy atom. The summed E-state index contributed by atoms with van der Waals surface area (Å²) in [5.74, 6) is 1.43. The average molecular weight is 410 g/mol. The number of carbonyl (C=O) groups is 1. The molecule has 0 bridgehead atoms. The van der Waals surface area contributed by atoms with Gasteiger partial charge < -0.3 is 15.5 Å². The molecule has 2 aromatic carbocycles. The Balaban J connectivity index is 1.65. The van der Waals surface area contributed by atoms with Crippen LogP contribution in [-0.4, -0.2) is 33.1 Å². The van der Waals surface area contributed by atoms with Gasteiger partial charge in [0.15, 0.2) is 5.82 Å². The molecular weight excluding hydrogens is 386 g/mol. The van der Waals surface area contributed by atoms with Crippen LogP contribution in [0, 0.1) is 6.92 Å². The van der Waals surface area contributed by atoms with E-state index in [4.69, 9.17) is 4.74 Å². The fourth-order valence-corrected chi connectivity index (χ4v) is 4.36. The van der Waals surface area contributed by atoms with Crippen molar-refractivity contribution < 1.29 is 9.53 Å². The number of anilines is 1. The summed E-state index contributed by atoms with van der Waals surface area (Å²) >= 11 is 1.42. The summed E-state index contributed by atoms with van der Waals surface area (Å²) in [6.07, 6.45) is 0.752. The number of methoxy groups -OCH3 is 1. The van der Waals surface area contributed by atoms with E-state index in [0.717, 1.165) is 17.8 Å². The number of carbonyl (C=O) groups excluding carboxylic acids is 1. The van der Waals surface area contributed by atoms with Crippen molar-refractivity contribution >= 4 is 23.4 Å². The van der Waals surface area contributed by atoms with Gasteiger partial charge in [0.25, 0.3) is 0 Å². The van der Waals surface area contributed by atoms with Gasteiger partial charge in [0.2, 0.25) is 11.1 Å². The number of benzene rings is 2. The van der Waals surface area contributed by atoms with Gasteiger partial charge in [-0.1, -0.05) is 54.6 Å². The summed E-state index contributed by atoms with van der Waals surface area (Å²) in [6.45, 7) is 4.08. The second-order valence-electron chi connectivity index (χ2n) is 6.86. The molecule has 0 aliphatic carbocycles. The van der Waals surface area contributed by atoms with E-state index < -0.39 is 5.25 Å². The van der Waals surface area contributed by atoms with Gasteiger partial charge in [-0.15, -0.1) is 10.2 Å². The number of amides is 1. The molecule has 1 aliphatic heterocycles. The Morgan fingerprint density at radius 3 is 2.76 bits per heavy atom. The summed E-state index contributed by atoms with van der Waals surface area (Å²) in [4.78, 5) is 13.2. The number of thioether (sulfide) groups is 1. The summed E-state index contributed by atoms with van der Waals surface area (Å²) in [6, 6.07) is 15.3. The van der Waals surface area contributed by atoms with E-state index in [1.807, 2.05) is 36.7 Å². The number of hydrogen-bond donors (Lipinski definition) is 2. The normalized spacial score (nSPS) is 17.9. The average Bonchev–Trinajstić information content (AvgIpc) is 3.15. The van der Waals surface area contributed by atoms with Crippen LogP contribution in [0.5, 0.6) is 5.75 Å². The van der Waals surface area contributed by atoms with Crippen molar-refractivity contribution in [1.29, 1.82) is 0 Å². The van der Waals surface area contributed by atoms with Crippen LogP contribution in [0.25, 0.3) is 0 Å². The van der Waals surface area contributed by atoms with Gasteiger partial charge in [-0.2, -0.15) is 0 Å². The Hall–Kier alpha value is -3.00. The maximum absolute atomic E-state index is 13.2. The molecule has 2 atom stereocenters. The zero-order valence-electron chi connectivity index (χ0n) is 16.5. The number of ether oxygens (including phenoxy) is 1. The third-order valence-electron chi connectivity index (χ3n) is 4.85. The Bertz CT molecular complexity index is 1020. The number of rotatable bonds is 5. The van der Waals surface area contributed by atoms with Crippen molar-refractivity contribution in [3.8, 4) is 5.75 Å². The second kappa shape index (κ2) is 8.16. The molecule has 150 valence electrons. The molecule has 3 aromatic rings. The molecule has 0 unspecified atom stereocenters. The predicted molar refractivity (Wildman–Crippen MR) is 114 cm³/mol. The Kier molecular flexibility index (Phi) is 5.44. The van der Waals surface area contributed by atoms with Gasteiger partial charge in [-0.05, 0) is 24.6 Å². The van der Waals surface area contributed by atoms with E-state index in [1.54, 1.807) is 13.2 Å². The molecule has 2 heterocycles. The third-order valence-corrected chi connectivity index (χ3v) is 6.07. The van der Waals surface area contributed by atoms with Gasteiger partial charge in [0, 0.05) is 18.2 Å². The van der Waals surface area contributed by atoms with Crippen molar-refractivity contribution in [3.05, 3.63) is 65.5 Å². The van der Waals surface area contributed by atoms with Crippen molar-refractivity contribution in [2.24, 2.45) is 0 Å². The molecule has 4 rings (SSSR count). The standard InChI is InChI=1S/C21H23N5O2S/c1-4-17-23-24-21-26(17)25-18(14-10-8-13(2)9-11-14)19(29-21)20(27)22-15-6-5-7-16(12-15)28-3/h5-12,18-19,25H,4H2,1-3H3,(H,22,27)/t18-,19-/m1/s1. The molecule has 1 amide bonds. The first-order chi connectivity index (χ1) is 14.1. The molecule has 2 N–H and O–H groups in total. The summed E-state index contributed by atoms with van der Waals surface area (Å²) in [5.41, 5.74) is 6.36. The first-order valence-corrected chi connectivity index (χ1v) is 10.4. The summed E-state index contributed by atoms with van der Waals surface area (Å²) in [7, 11) is 1.60. The number of aryl methyl sites for hydroxylation is 2. The van der Waals surface area contributed by atoms with Crippen LogP contribution in [0.2, 0.25) is 0 Å². The summed E-state index contributed by atoms with van der Waals surface area (Å²) in [5, 5.41) is 11.8. The minimum absolute atomic E-state index is 0.103. The molecule has 0 fully saturated rings. The molecule has 1 aliphatic rings. The van der Waals surface area contributed by atoms with Crippen LogP contribution >= 0.6 is 11.8 Å². The predicted octanol–water partition coefficient (Wildman–Crippen LogP) is 3.56. The second-order valence-corrected chi connectivity index (χ2v) is 7.97. The van der Waals surface area contributed by atoms with Gasteiger partial charge >= 0.3 is 0 Å². The zero-order chi connectivity index (χ0) is 20.4. The molecule has 8 heteroatoms. The van der Waals surface area contributed by atoms with Crippen LogP contribution < -0.4 is 15.5 Å². The molecule has 0 radical (unpaired) electrons. The molecule has 0 saturated carbocycles. The molecular formula is C21H23N5O2S. The topological polar surface area (TPSA) is 81.1 Å². The third kappa shape index (κ3) is 3.93. The zero-order valence-corrected chi connectivity index (χ0v) is 17.4. The van der Waals surface area contributed by atoms with Gasteiger partial charge in [0.05, 0.1) is 13.2 Å². The number of hydrogen-bond acceptors (Lipinski definition) is 6. The maximum Gasteiger partial charge on any atom is 0.240 e. The largest absolute Gasteiger partial charge is 0.497 e.